The molecule has 0 aromatic heterocycles. The molecule has 1 rings (SSSR count). The van der Waals surface area contributed by atoms with Crippen molar-refractivity contribution in [3.8, 4) is 0 Å². The van der Waals surface area contributed by atoms with Crippen LogP contribution in [-0.4, -0.2) is 11.8 Å². The molecule has 0 aliphatic carbocycles. The fourth-order valence-electron chi connectivity index (χ4n) is 0.764. The topological polar surface area (TPSA) is 48.6 Å². The molecule has 2 nitrogen and oxygen atoms in total. The zero-order valence-electron chi connectivity index (χ0n) is 6.43. The molecule has 0 radical (unpaired) electrons. The Hall–Kier alpha value is -1.00. The van der Waals surface area contributed by atoms with Crippen molar-refractivity contribution in [2.75, 3.05) is 0 Å². The average Bonchev–Trinajstić information content (AvgIpc) is 2.05. The highest BCUT2D eigenvalue weighted by Gasteiger charge is 2.30. The molecule has 0 amide bonds. The molecule has 0 heterocycles. The molecule has 0 aliphatic rings. The highest BCUT2D eigenvalue weighted by atomic mass is 35.5. The summed E-state index contributed by atoms with van der Waals surface area (Å²) < 4.78 is 25.3. The number of aldehydes is 1. The lowest BCUT2D eigenvalue weighted by molar-refractivity contribution is -0.130. The third kappa shape index (κ3) is 2.75. The third-order valence-corrected chi connectivity index (χ3v) is 1.59. The summed E-state index contributed by atoms with van der Waals surface area (Å²) >= 11 is 5.46. The predicted molar refractivity (Wildman–Crippen MR) is 45.0 cm³/mol. The van der Waals surface area contributed by atoms with E-state index in [0.717, 1.165) is 12.1 Å². The minimum absolute atomic E-state index is 0. The van der Waals surface area contributed by atoms with Gasteiger partial charge in [0.05, 0.1) is 0 Å². The van der Waals surface area contributed by atoms with Gasteiger partial charge in [-0.05, 0) is 12.1 Å². The average molecular weight is 209 g/mol. The third-order valence-electron chi connectivity index (χ3n) is 1.36. The number of hydrogen-bond acceptors (Lipinski definition) is 1. The molecular formula is C8H7ClF2O2. The standard InChI is InChI=1S/C8H5ClF2O.H2O/c9-7-3-1-2-6(4-7)8(10,11)5-12;/h1-5H;1H2. The summed E-state index contributed by atoms with van der Waals surface area (Å²) in [5, 5.41) is 0.189. The summed E-state index contributed by atoms with van der Waals surface area (Å²) in [6.45, 7) is 0. The highest BCUT2D eigenvalue weighted by molar-refractivity contribution is 6.30. The number of alkyl halides is 2. The quantitative estimate of drug-likeness (QED) is 0.684. The van der Waals surface area contributed by atoms with Crippen molar-refractivity contribution < 1.29 is 19.1 Å². The molecule has 0 unspecified atom stereocenters. The molecule has 5 heteroatoms. The molecule has 2 N–H and O–H groups in total. The zero-order valence-corrected chi connectivity index (χ0v) is 7.18. The molecular weight excluding hydrogens is 202 g/mol. The lowest BCUT2D eigenvalue weighted by Gasteiger charge is -2.08. The molecule has 0 saturated carbocycles. The lowest BCUT2D eigenvalue weighted by Crippen LogP contribution is -2.14. The first-order chi connectivity index (χ1) is 5.56. The Morgan fingerprint density at radius 2 is 2.00 bits per heavy atom. The van der Waals surface area contributed by atoms with E-state index < -0.39 is 12.2 Å². The molecule has 0 saturated heterocycles. The maximum Gasteiger partial charge on any atom is 0.327 e. The summed E-state index contributed by atoms with van der Waals surface area (Å²) in [6.07, 6.45) is -0.404. The molecule has 72 valence electrons. The van der Waals surface area contributed by atoms with Gasteiger partial charge >= 0.3 is 5.92 Å². The van der Waals surface area contributed by atoms with Gasteiger partial charge in [0.25, 0.3) is 0 Å². The maximum atomic E-state index is 12.6. The van der Waals surface area contributed by atoms with E-state index in [4.69, 9.17) is 11.6 Å². The second-order valence-corrected chi connectivity index (χ2v) is 2.69. The molecule has 0 fully saturated rings. The Labute approximate surface area is 78.4 Å². The number of benzene rings is 1. The van der Waals surface area contributed by atoms with E-state index in [9.17, 15) is 13.6 Å². The minimum Gasteiger partial charge on any atom is -0.412 e. The summed E-state index contributed by atoms with van der Waals surface area (Å²) in [4.78, 5) is 9.95. The van der Waals surface area contributed by atoms with Crippen molar-refractivity contribution in [3.63, 3.8) is 0 Å². The predicted octanol–water partition coefficient (Wildman–Crippen LogP) is 1.81. The second kappa shape index (κ2) is 4.30. The molecule has 13 heavy (non-hydrogen) atoms. The van der Waals surface area contributed by atoms with E-state index in [1.165, 1.54) is 12.1 Å². The SMILES string of the molecule is O.O=CC(F)(F)c1cccc(Cl)c1. The van der Waals surface area contributed by atoms with Crippen LogP contribution in [-0.2, 0) is 10.7 Å². The first-order valence-corrected chi connectivity index (χ1v) is 3.54. The van der Waals surface area contributed by atoms with Gasteiger partial charge in [-0.15, -0.1) is 0 Å². The summed E-state index contributed by atoms with van der Waals surface area (Å²) in [7, 11) is 0. The monoisotopic (exact) mass is 208 g/mol. The van der Waals surface area contributed by atoms with Crippen LogP contribution < -0.4 is 0 Å². The number of halogens is 3. The summed E-state index contributed by atoms with van der Waals surface area (Å²) in [6, 6.07) is 5.05. The van der Waals surface area contributed by atoms with Gasteiger partial charge in [0, 0.05) is 10.6 Å². The van der Waals surface area contributed by atoms with Gasteiger partial charge in [-0.3, -0.25) is 4.79 Å². The van der Waals surface area contributed by atoms with Crippen LogP contribution in [0.1, 0.15) is 5.56 Å². The van der Waals surface area contributed by atoms with Crippen LogP contribution in [0.2, 0.25) is 5.02 Å². The van der Waals surface area contributed by atoms with Gasteiger partial charge in [-0.2, -0.15) is 8.78 Å². The van der Waals surface area contributed by atoms with Gasteiger partial charge in [0.2, 0.25) is 0 Å². The lowest BCUT2D eigenvalue weighted by atomic mass is 10.1. The molecule has 0 bridgehead atoms. The fraction of sp³-hybridized carbons (Fsp3) is 0.125. The van der Waals surface area contributed by atoms with Crippen LogP contribution in [0.5, 0.6) is 0 Å². The molecule has 0 spiro atoms. The maximum absolute atomic E-state index is 12.6. The van der Waals surface area contributed by atoms with Crippen LogP contribution in [0.15, 0.2) is 24.3 Å². The van der Waals surface area contributed by atoms with Crippen molar-refractivity contribution in [1.29, 1.82) is 0 Å². The zero-order chi connectivity index (χ0) is 9.19. The van der Waals surface area contributed by atoms with E-state index in [0.29, 0.717) is 0 Å². The normalized spacial score (nSPS) is 10.4. The van der Waals surface area contributed by atoms with Crippen molar-refractivity contribution in [2.24, 2.45) is 0 Å². The minimum atomic E-state index is -3.44. The van der Waals surface area contributed by atoms with Crippen molar-refractivity contribution in [3.05, 3.63) is 34.9 Å². The smallest absolute Gasteiger partial charge is 0.327 e. The van der Waals surface area contributed by atoms with Gasteiger partial charge in [-0.1, -0.05) is 23.7 Å². The Kier molecular flexibility index (Phi) is 3.97. The molecule has 1 aromatic rings. The molecule has 0 aliphatic heterocycles. The van der Waals surface area contributed by atoms with Crippen molar-refractivity contribution in [1.82, 2.24) is 0 Å². The van der Waals surface area contributed by atoms with Crippen LogP contribution >= 0.6 is 11.6 Å². The van der Waals surface area contributed by atoms with Crippen LogP contribution in [0.3, 0.4) is 0 Å². The first-order valence-electron chi connectivity index (χ1n) is 3.16. The number of hydrogen-bond donors (Lipinski definition) is 0. The van der Waals surface area contributed by atoms with E-state index >= 15 is 0 Å². The fourth-order valence-corrected chi connectivity index (χ4v) is 0.954. The Bertz CT molecular complexity index is 302. The van der Waals surface area contributed by atoms with Gasteiger partial charge < -0.3 is 5.48 Å². The number of rotatable bonds is 2. The van der Waals surface area contributed by atoms with E-state index in [-0.39, 0.29) is 16.1 Å². The Morgan fingerprint density at radius 3 is 2.46 bits per heavy atom. The number of carbonyl (C=O) groups is 1. The van der Waals surface area contributed by atoms with E-state index in [1.807, 2.05) is 0 Å². The van der Waals surface area contributed by atoms with Crippen molar-refractivity contribution in [2.45, 2.75) is 5.92 Å². The Morgan fingerprint density at radius 1 is 1.38 bits per heavy atom. The largest absolute Gasteiger partial charge is 0.412 e. The Balaban J connectivity index is 0.00000144. The van der Waals surface area contributed by atoms with Gasteiger partial charge in [0.1, 0.15) is 0 Å². The number of carbonyl (C=O) groups excluding carboxylic acids is 1. The van der Waals surface area contributed by atoms with Gasteiger partial charge in [-0.25, -0.2) is 0 Å². The summed E-state index contributed by atoms with van der Waals surface area (Å²) in [5.41, 5.74) is -0.384. The van der Waals surface area contributed by atoms with Crippen LogP contribution in [0, 0.1) is 0 Å². The first kappa shape index (κ1) is 12.0. The van der Waals surface area contributed by atoms with Crippen molar-refractivity contribution >= 4 is 17.9 Å². The molecule has 1 aromatic carbocycles. The highest BCUT2D eigenvalue weighted by Crippen LogP contribution is 2.26. The van der Waals surface area contributed by atoms with Crippen LogP contribution in [0.4, 0.5) is 8.78 Å². The second-order valence-electron chi connectivity index (χ2n) is 2.25. The van der Waals surface area contributed by atoms with E-state index in [2.05, 4.69) is 0 Å². The summed E-state index contributed by atoms with van der Waals surface area (Å²) in [5.74, 6) is -3.44. The van der Waals surface area contributed by atoms with Gasteiger partial charge in [0.15, 0.2) is 6.29 Å². The van der Waals surface area contributed by atoms with Crippen LogP contribution in [0.25, 0.3) is 0 Å². The molecule has 0 atom stereocenters. The van der Waals surface area contributed by atoms with E-state index in [1.54, 1.807) is 0 Å².